The molecule has 10 heteroatoms. The van der Waals surface area contributed by atoms with E-state index in [9.17, 15) is 9.18 Å². The SMILES string of the molecule is C=C1C(C=O)=CN(CCC)c2cc([N-]CC[NH-])c(F)cc21.C=P(C)(C)C(CC)(Cc1cccnc1)P(=C)(C)N.[U+2]. The summed E-state index contributed by atoms with van der Waals surface area (Å²) >= 11 is 0. The van der Waals surface area contributed by atoms with E-state index >= 15 is 0 Å². The van der Waals surface area contributed by atoms with E-state index in [2.05, 4.69) is 62.5 Å². The minimum atomic E-state index is -1.73. The predicted molar refractivity (Wildman–Crippen MR) is 175 cm³/mol. The van der Waals surface area contributed by atoms with Gasteiger partial charge in [0.1, 0.15) is 5.82 Å². The number of nitrogens with zero attached hydrogens (tertiary/aromatic N) is 3. The van der Waals surface area contributed by atoms with Crippen LogP contribution in [0.25, 0.3) is 16.6 Å². The summed E-state index contributed by atoms with van der Waals surface area (Å²) in [5, 5.41) is 4.08. The number of carbonyl (C=O) groups excluding carboxylic acids is 1. The Kier molecular flexibility index (Phi) is 14.4. The van der Waals surface area contributed by atoms with Crippen molar-refractivity contribution in [2.24, 2.45) is 5.50 Å². The third-order valence-electron chi connectivity index (χ3n) is 7.18. The van der Waals surface area contributed by atoms with Crippen LogP contribution >= 0.6 is 13.9 Å². The fraction of sp³-hybridized carbons (Fsp3) is 0.400. The van der Waals surface area contributed by atoms with Crippen molar-refractivity contribution in [2.45, 2.75) is 38.0 Å². The normalized spacial score (nSPS) is 15.8. The van der Waals surface area contributed by atoms with Gasteiger partial charge in [-0.25, -0.2) is 4.39 Å². The molecular weight excluding hydrogens is 765 g/mol. The molecule has 1 aromatic heterocycles. The van der Waals surface area contributed by atoms with Crippen LogP contribution in [0.15, 0.2) is 55.0 Å². The zero-order valence-electron chi connectivity index (χ0n) is 24.6. The van der Waals surface area contributed by atoms with Gasteiger partial charge in [0.05, 0.1) is 0 Å². The number of halogens is 1. The van der Waals surface area contributed by atoms with Crippen molar-refractivity contribution in [1.29, 1.82) is 0 Å². The predicted octanol–water partition coefficient (Wildman–Crippen LogP) is 7.60. The number of hydrogen-bond donors (Lipinski definition) is 1. The first kappa shape index (κ1) is 36.6. The molecule has 2 aromatic rings. The quantitative estimate of drug-likeness (QED) is 0.187. The van der Waals surface area contributed by atoms with Crippen LogP contribution in [-0.4, -0.2) is 68.4 Å². The molecule has 0 bridgehead atoms. The molecule has 1 aliphatic heterocycles. The molecule has 0 saturated carbocycles. The summed E-state index contributed by atoms with van der Waals surface area (Å²) in [6.45, 7) is 14.6. The maximum atomic E-state index is 14.1. The average molecular weight is 810 g/mol. The Morgan fingerprint density at radius 2 is 1.93 bits per heavy atom. The summed E-state index contributed by atoms with van der Waals surface area (Å²) in [5.41, 5.74) is 17.5. The Balaban J connectivity index is 0.000000395. The largest absolute Gasteiger partial charge is 2.00 e. The molecule has 0 amide bonds. The van der Waals surface area contributed by atoms with E-state index in [-0.39, 0.29) is 54.8 Å². The Morgan fingerprint density at radius 1 is 1.25 bits per heavy atom. The molecule has 2 unspecified atom stereocenters. The molecule has 0 saturated heterocycles. The Hall–Kier alpha value is -1.38. The molecule has 216 valence electrons. The van der Waals surface area contributed by atoms with Gasteiger partial charge in [0.2, 0.25) is 0 Å². The van der Waals surface area contributed by atoms with Crippen LogP contribution in [0.5, 0.6) is 0 Å². The molecular formula is C30H44FN5OP2U. The second-order valence-corrected chi connectivity index (χ2v) is 18.6. The van der Waals surface area contributed by atoms with Crippen LogP contribution in [0.1, 0.15) is 37.8 Å². The smallest absolute Gasteiger partial charge is 0.683 e. The van der Waals surface area contributed by atoms with Gasteiger partial charge >= 0.3 is 31.1 Å². The number of anilines is 1. The number of allylic oxidation sites excluding steroid dienone is 2. The number of hydrogen-bond acceptors (Lipinski definition) is 4. The molecule has 6 nitrogen and oxygen atoms in total. The van der Waals surface area contributed by atoms with Crippen molar-refractivity contribution < 1.29 is 40.3 Å². The van der Waals surface area contributed by atoms with Crippen molar-refractivity contribution in [3.8, 4) is 0 Å². The second-order valence-electron chi connectivity index (χ2n) is 10.7. The van der Waals surface area contributed by atoms with E-state index in [0.29, 0.717) is 16.7 Å². The molecule has 1 aromatic carbocycles. The van der Waals surface area contributed by atoms with Crippen LogP contribution in [-0.2, 0) is 11.2 Å². The van der Waals surface area contributed by atoms with Crippen molar-refractivity contribution in [1.82, 2.24) is 4.98 Å². The third kappa shape index (κ3) is 8.57. The fourth-order valence-electron chi connectivity index (χ4n) is 5.08. The number of nitrogens with one attached hydrogen (secondary N) is 1. The number of fused-ring (bicyclic) bond motifs is 1. The number of pyridine rings is 1. The maximum absolute atomic E-state index is 14.1. The molecule has 2 atom stereocenters. The first-order valence-corrected chi connectivity index (χ1v) is 18.5. The van der Waals surface area contributed by atoms with E-state index in [1.807, 2.05) is 30.3 Å². The van der Waals surface area contributed by atoms with Gasteiger partial charge in [-0.15, -0.1) is 18.9 Å². The van der Waals surface area contributed by atoms with Crippen molar-refractivity contribution in [2.75, 3.05) is 44.5 Å². The van der Waals surface area contributed by atoms with Crippen LogP contribution < -0.4 is 10.4 Å². The molecule has 0 aliphatic carbocycles. The van der Waals surface area contributed by atoms with Crippen molar-refractivity contribution >= 4 is 49.8 Å². The van der Waals surface area contributed by atoms with Crippen molar-refractivity contribution in [3.05, 3.63) is 83.0 Å². The number of benzene rings is 1. The second kappa shape index (κ2) is 15.7. The number of rotatable bonds is 11. The summed E-state index contributed by atoms with van der Waals surface area (Å²) < 4.78 is 14.1. The summed E-state index contributed by atoms with van der Waals surface area (Å²) in [5.74, 6) is -0.452. The van der Waals surface area contributed by atoms with Gasteiger partial charge in [0, 0.05) is 46.9 Å². The van der Waals surface area contributed by atoms with Gasteiger partial charge in [-0.1, -0.05) is 39.8 Å². The summed E-state index contributed by atoms with van der Waals surface area (Å²) in [6, 6.07) is 7.15. The van der Waals surface area contributed by atoms with Gasteiger partial charge in [-0.2, -0.15) is 13.1 Å². The Morgan fingerprint density at radius 3 is 2.40 bits per heavy atom. The van der Waals surface area contributed by atoms with Gasteiger partial charge in [-0.3, -0.25) is 9.78 Å². The number of carbonyl (C=O) groups is 1. The zero-order valence-corrected chi connectivity index (χ0v) is 30.5. The maximum Gasteiger partial charge on any atom is 2.00 e. The van der Waals surface area contributed by atoms with E-state index in [4.69, 9.17) is 11.2 Å². The summed E-state index contributed by atoms with van der Waals surface area (Å²) in [6.07, 6.45) is 17.9. The number of aromatic nitrogens is 1. The molecule has 1 aliphatic rings. The van der Waals surface area contributed by atoms with E-state index in [0.717, 1.165) is 37.8 Å². The molecule has 3 rings (SSSR count). The summed E-state index contributed by atoms with van der Waals surface area (Å²) in [7, 11) is -1.73. The number of aldehydes is 1. The molecule has 0 spiro atoms. The molecule has 40 heavy (non-hydrogen) atoms. The van der Waals surface area contributed by atoms with Gasteiger partial charge < -0.3 is 21.5 Å². The topological polar surface area (TPSA) is 97.1 Å². The van der Waals surface area contributed by atoms with Gasteiger partial charge in [-0.05, 0) is 68.6 Å². The third-order valence-corrected chi connectivity index (χ3v) is 15.3. The van der Waals surface area contributed by atoms with Gasteiger partial charge in [0.15, 0.2) is 6.29 Å². The van der Waals surface area contributed by atoms with Crippen LogP contribution in [0, 0.1) is 36.9 Å². The fourth-order valence-corrected chi connectivity index (χ4v) is 12.8. The Bertz CT molecular complexity index is 1260. The van der Waals surface area contributed by atoms with Crippen LogP contribution in [0.2, 0.25) is 0 Å². The molecule has 0 radical (unpaired) electrons. The van der Waals surface area contributed by atoms with Crippen LogP contribution in [0.4, 0.5) is 15.8 Å². The van der Waals surface area contributed by atoms with Gasteiger partial charge in [0.25, 0.3) is 0 Å². The van der Waals surface area contributed by atoms with E-state index in [1.54, 1.807) is 12.3 Å². The van der Waals surface area contributed by atoms with E-state index < -0.39 is 19.7 Å². The monoisotopic (exact) mass is 809 g/mol. The average Bonchev–Trinajstić information content (AvgIpc) is 2.87. The molecule has 3 N–H and O–H groups in total. The first-order valence-electron chi connectivity index (χ1n) is 13.1. The minimum Gasteiger partial charge on any atom is -0.683 e. The van der Waals surface area contributed by atoms with Crippen molar-refractivity contribution in [3.63, 3.8) is 0 Å². The Labute approximate surface area is 264 Å². The van der Waals surface area contributed by atoms with Crippen LogP contribution in [0.3, 0.4) is 0 Å². The minimum absolute atomic E-state index is 0. The molecule has 2 heterocycles. The summed E-state index contributed by atoms with van der Waals surface area (Å²) in [4.78, 5) is 17.3. The number of nitrogens with two attached hydrogens (primary N) is 1. The first-order chi connectivity index (χ1) is 18.3. The standard InChI is InChI=1S/C16H18FN3O.C14H26N2P2.U/c1-3-6-20-9-12(10-21)11(2)13-7-14(17)15(8-16(13)20)19-5-4-18;1-7-14(17(2,3)4,18(5,6)15)11-13-9-8-10-16-12-13;/h7-10,18H,2-6H2,1H3;8-10,12H,2,5,7,11,15H2,1,3-4,6H3;/q-2;;+2. The molecule has 0 fully saturated rings. The zero-order chi connectivity index (χ0) is 29.4. The van der Waals surface area contributed by atoms with E-state index in [1.165, 1.54) is 11.6 Å².